The molecular formula is C38H44N2O. The molecule has 5 aromatic rings. The van der Waals surface area contributed by atoms with Crippen LogP contribution in [-0.4, -0.2) is 9.97 Å². The summed E-state index contributed by atoms with van der Waals surface area (Å²) < 4.78 is 64.8. The van der Waals surface area contributed by atoms with Gasteiger partial charge in [0.05, 0.1) is 5.69 Å². The van der Waals surface area contributed by atoms with E-state index in [1.165, 1.54) is 12.3 Å². The lowest BCUT2D eigenvalue weighted by Gasteiger charge is -2.35. The van der Waals surface area contributed by atoms with Gasteiger partial charge in [-0.2, -0.15) is 0 Å². The van der Waals surface area contributed by atoms with Crippen molar-refractivity contribution >= 4 is 22.1 Å². The van der Waals surface area contributed by atoms with E-state index in [1.807, 2.05) is 24.3 Å². The third kappa shape index (κ3) is 5.09. The van der Waals surface area contributed by atoms with Gasteiger partial charge in [-0.15, -0.1) is 0 Å². The van der Waals surface area contributed by atoms with Gasteiger partial charge < -0.3 is 4.42 Å². The van der Waals surface area contributed by atoms with Crippen LogP contribution in [0.1, 0.15) is 122 Å². The van der Waals surface area contributed by atoms with Crippen molar-refractivity contribution in [1.29, 1.82) is 0 Å². The predicted molar refractivity (Wildman–Crippen MR) is 173 cm³/mol. The van der Waals surface area contributed by atoms with Crippen LogP contribution < -0.4 is 0 Å². The molecule has 2 aromatic carbocycles. The molecular weight excluding hydrogens is 500 g/mol. The molecule has 0 N–H and O–H groups in total. The Morgan fingerprint density at radius 2 is 1.63 bits per heavy atom. The molecule has 3 nitrogen and oxygen atoms in total. The van der Waals surface area contributed by atoms with Crippen molar-refractivity contribution in [2.45, 2.75) is 98.7 Å². The Bertz CT molecular complexity index is 1980. The summed E-state index contributed by atoms with van der Waals surface area (Å²) in [5.74, 6) is -0.555. The average molecular weight is 552 g/mol. The van der Waals surface area contributed by atoms with Crippen molar-refractivity contribution in [3.63, 3.8) is 0 Å². The Morgan fingerprint density at radius 3 is 2.29 bits per heavy atom. The van der Waals surface area contributed by atoms with Gasteiger partial charge in [0.25, 0.3) is 0 Å². The molecule has 0 aliphatic heterocycles. The predicted octanol–water partition coefficient (Wildman–Crippen LogP) is 11.3. The largest absolute Gasteiger partial charge is 0.437 e. The number of pyridine rings is 2. The number of nitrogens with zero attached hydrogens (tertiary/aromatic N) is 2. The molecule has 0 unspecified atom stereocenters. The molecule has 0 amide bonds. The Kier molecular flexibility index (Phi) is 5.19. The van der Waals surface area contributed by atoms with E-state index in [-0.39, 0.29) is 34.2 Å². The van der Waals surface area contributed by atoms with Gasteiger partial charge in [-0.25, -0.2) is 4.98 Å². The zero-order valence-corrected chi connectivity index (χ0v) is 25.0. The zero-order chi connectivity index (χ0) is 35.0. The van der Waals surface area contributed by atoms with Crippen molar-refractivity contribution in [3.8, 4) is 22.4 Å². The van der Waals surface area contributed by atoms with Crippen molar-refractivity contribution in [1.82, 2.24) is 9.97 Å². The smallest absolute Gasteiger partial charge is 0.227 e. The normalized spacial score (nSPS) is 19.9. The molecule has 3 heteroatoms. The van der Waals surface area contributed by atoms with Gasteiger partial charge in [-0.1, -0.05) is 65.8 Å². The third-order valence-electron chi connectivity index (χ3n) is 8.87. The minimum atomic E-state index is -2.42. The quantitative estimate of drug-likeness (QED) is 0.218. The number of hydrogen-bond donors (Lipinski definition) is 0. The van der Waals surface area contributed by atoms with E-state index in [9.17, 15) is 1.37 Å². The second-order valence-corrected chi connectivity index (χ2v) is 13.1. The monoisotopic (exact) mass is 551 g/mol. The summed E-state index contributed by atoms with van der Waals surface area (Å²) in [6, 6.07) is 15.1. The minimum Gasteiger partial charge on any atom is -0.437 e. The van der Waals surface area contributed by atoms with E-state index in [4.69, 9.17) is 12.6 Å². The number of para-hydroxylation sites is 1. The molecule has 3 heterocycles. The molecule has 3 aromatic heterocycles. The fourth-order valence-electron chi connectivity index (χ4n) is 6.32. The van der Waals surface area contributed by atoms with Gasteiger partial charge in [0.1, 0.15) is 5.58 Å². The van der Waals surface area contributed by atoms with Crippen LogP contribution in [0.5, 0.6) is 0 Å². The molecule has 1 aliphatic carbocycles. The molecule has 0 atom stereocenters. The number of rotatable bonds is 5. The van der Waals surface area contributed by atoms with Crippen LogP contribution in [0.4, 0.5) is 0 Å². The number of aryl methyl sites for hydroxylation is 2. The number of furan rings is 1. The Morgan fingerprint density at radius 1 is 0.902 bits per heavy atom. The summed E-state index contributed by atoms with van der Waals surface area (Å²) in [4.78, 5) is 9.00. The van der Waals surface area contributed by atoms with Crippen LogP contribution in [-0.2, 0) is 0 Å². The maximum atomic E-state index is 9.60. The van der Waals surface area contributed by atoms with Gasteiger partial charge >= 0.3 is 0 Å². The first kappa shape index (κ1) is 20.4. The van der Waals surface area contributed by atoms with Crippen LogP contribution in [0, 0.1) is 19.1 Å². The molecule has 0 radical (unpaired) electrons. The van der Waals surface area contributed by atoms with E-state index in [0.29, 0.717) is 27.8 Å². The van der Waals surface area contributed by atoms with Gasteiger partial charge in [-0.05, 0) is 120 Å². The molecule has 41 heavy (non-hydrogen) atoms. The molecule has 0 saturated heterocycles. The molecule has 1 fully saturated rings. The fourth-order valence-corrected chi connectivity index (χ4v) is 6.32. The zero-order valence-electron chi connectivity index (χ0n) is 32.0. The van der Waals surface area contributed by atoms with Crippen LogP contribution in [0.3, 0.4) is 0 Å². The van der Waals surface area contributed by atoms with Crippen LogP contribution in [0.2, 0.25) is 0 Å². The highest BCUT2D eigenvalue weighted by Gasteiger charge is 2.29. The molecule has 0 bridgehead atoms. The maximum absolute atomic E-state index is 9.60. The summed E-state index contributed by atoms with van der Waals surface area (Å²) >= 11 is 0. The SMILES string of the molecule is [2H]C([2H])([2H])c1ccc2c(n1)oc1c(-c3cc(-c4c(C(C)C)cc(C5([2H])CCC(C)(C)CC5)cc4C(C)C)c(C([2H])([2H])[2H])cn3)cccc12. The number of fused-ring (bicyclic) bond motifs is 3. The lowest BCUT2D eigenvalue weighted by Crippen LogP contribution is -2.20. The van der Waals surface area contributed by atoms with Crippen LogP contribution in [0.15, 0.2) is 59.1 Å². The lowest BCUT2D eigenvalue weighted by atomic mass is 9.70. The Labute approximate surface area is 255 Å². The number of benzene rings is 2. The first-order valence-electron chi connectivity index (χ1n) is 18.3. The number of hydrogen-bond acceptors (Lipinski definition) is 3. The third-order valence-corrected chi connectivity index (χ3v) is 8.87. The standard InChI is InChI=1S/C38H44N2O/c1-22(2)31-18-27(26-14-16-38(7,8)17-15-26)19-32(23(3)4)35(31)33-20-34(39-21-24(33)5)30-11-9-10-28-29-13-12-25(6)40-37(29)41-36(28)30/h9-13,18-23,26H,14-17H2,1-8H3/i5D3,6D3,26D. The van der Waals surface area contributed by atoms with Crippen molar-refractivity contribution in [2.75, 3.05) is 0 Å². The summed E-state index contributed by atoms with van der Waals surface area (Å²) in [7, 11) is 0. The highest BCUT2D eigenvalue weighted by Crippen LogP contribution is 2.46. The Balaban J connectivity index is 1.59. The molecule has 212 valence electrons. The van der Waals surface area contributed by atoms with Gasteiger partial charge in [0, 0.05) is 37.8 Å². The van der Waals surface area contributed by atoms with Crippen LogP contribution in [0.25, 0.3) is 44.5 Å². The van der Waals surface area contributed by atoms with Gasteiger partial charge in [0.2, 0.25) is 5.71 Å². The number of aromatic nitrogens is 2. The van der Waals surface area contributed by atoms with Gasteiger partial charge in [0.15, 0.2) is 0 Å². The van der Waals surface area contributed by atoms with Crippen molar-refractivity contribution in [3.05, 3.63) is 82.7 Å². The van der Waals surface area contributed by atoms with E-state index in [1.54, 1.807) is 6.07 Å². The lowest BCUT2D eigenvalue weighted by molar-refractivity contribution is 0.224. The second kappa shape index (κ2) is 10.4. The summed E-state index contributed by atoms with van der Waals surface area (Å²) in [6.45, 7) is 8.27. The molecule has 1 aliphatic rings. The maximum Gasteiger partial charge on any atom is 0.227 e. The summed E-state index contributed by atoms with van der Waals surface area (Å²) in [5.41, 5.74) is 6.82. The Hall–Kier alpha value is -3.46. The topological polar surface area (TPSA) is 38.9 Å². The van der Waals surface area contributed by atoms with Crippen LogP contribution >= 0.6 is 0 Å². The van der Waals surface area contributed by atoms with Gasteiger partial charge in [-0.3, -0.25) is 4.98 Å². The molecule has 6 rings (SSSR count). The van der Waals surface area contributed by atoms with E-state index >= 15 is 0 Å². The molecule has 1 saturated carbocycles. The second-order valence-electron chi connectivity index (χ2n) is 13.1. The van der Waals surface area contributed by atoms with E-state index in [2.05, 4.69) is 63.6 Å². The van der Waals surface area contributed by atoms with Crippen molar-refractivity contribution in [2.24, 2.45) is 5.41 Å². The summed E-state index contributed by atoms with van der Waals surface area (Å²) in [6.07, 6.45) is 5.02. The van der Waals surface area contributed by atoms with E-state index < -0.39 is 19.6 Å². The highest BCUT2D eigenvalue weighted by molar-refractivity contribution is 6.08. The van der Waals surface area contributed by atoms with E-state index in [0.717, 1.165) is 53.3 Å². The highest BCUT2D eigenvalue weighted by atomic mass is 16.3. The average Bonchev–Trinajstić information content (AvgIpc) is 3.39. The fraction of sp³-hybridized carbons (Fsp3) is 0.421. The van der Waals surface area contributed by atoms with Crippen molar-refractivity contribution < 1.29 is 14.0 Å². The summed E-state index contributed by atoms with van der Waals surface area (Å²) in [5, 5.41) is 1.45. The first-order chi connectivity index (χ1) is 22.3. The first-order valence-corrected chi connectivity index (χ1v) is 14.8. The molecule has 0 spiro atoms. The minimum absolute atomic E-state index is 0.0460.